The van der Waals surface area contributed by atoms with Crippen molar-refractivity contribution in [2.45, 2.75) is 5.72 Å². The van der Waals surface area contributed by atoms with Crippen molar-refractivity contribution in [1.82, 2.24) is 4.90 Å². The summed E-state index contributed by atoms with van der Waals surface area (Å²) in [5.74, 6) is -0.0523. The van der Waals surface area contributed by atoms with Gasteiger partial charge in [0, 0.05) is 24.2 Å². The van der Waals surface area contributed by atoms with E-state index in [1.165, 1.54) is 6.08 Å². The van der Waals surface area contributed by atoms with Crippen molar-refractivity contribution < 1.29 is 14.6 Å². The largest absolute Gasteiger partial charge is 0.379 e. The summed E-state index contributed by atoms with van der Waals surface area (Å²) in [5.41, 5.74) is 0.0577. The van der Waals surface area contributed by atoms with E-state index in [-0.39, 0.29) is 5.78 Å². The van der Waals surface area contributed by atoms with Crippen LogP contribution in [0.15, 0.2) is 36.4 Å². The van der Waals surface area contributed by atoms with E-state index in [0.717, 1.165) is 0 Å². The number of fused-ring (bicyclic) bond motifs is 1. The minimum absolute atomic E-state index is 0.0523. The van der Waals surface area contributed by atoms with E-state index >= 15 is 0 Å². The van der Waals surface area contributed by atoms with Gasteiger partial charge < -0.3 is 9.84 Å². The lowest BCUT2D eigenvalue weighted by Gasteiger charge is -2.42. The van der Waals surface area contributed by atoms with Crippen LogP contribution >= 0.6 is 0 Å². The van der Waals surface area contributed by atoms with Gasteiger partial charge in [-0.2, -0.15) is 0 Å². The first kappa shape index (κ1) is 11.6. The highest BCUT2D eigenvalue weighted by atomic mass is 16.5. The molecule has 1 aliphatic carbocycles. The van der Waals surface area contributed by atoms with E-state index in [1.807, 2.05) is 23.1 Å². The fraction of sp³-hybridized carbons (Fsp3) is 0.357. The Kier molecular flexibility index (Phi) is 2.78. The third-order valence-electron chi connectivity index (χ3n) is 3.55. The maximum atomic E-state index is 11.8. The molecule has 0 radical (unpaired) electrons. The summed E-state index contributed by atoms with van der Waals surface area (Å²) in [6, 6.07) is 7.23. The smallest absolute Gasteiger partial charge is 0.186 e. The number of hydrogen-bond acceptors (Lipinski definition) is 4. The summed E-state index contributed by atoms with van der Waals surface area (Å²) < 4.78 is 5.30. The zero-order valence-corrected chi connectivity index (χ0v) is 10.0. The number of nitrogens with zero attached hydrogens (tertiary/aromatic N) is 1. The van der Waals surface area contributed by atoms with E-state index in [4.69, 9.17) is 4.74 Å². The van der Waals surface area contributed by atoms with Gasteiger partial charge in [-0.25, -0.2) is 0 Å². The topological polar surface area (TPSA) is 49.8 Å². The minimum atomic E-state index is -1.19. The van der Waals surface area contributed by atoms with Crippen molar-refractivity contribution in [2.75, 3.05) is 26.3 Å². The maximum absolute atomic E-state index is 11.8. The van der Waals surface area contributed by atoms with Crippen LogP contribution in [-0.2, 0) is 10.5 Å². The van der Waals surface area contributed by atoms with E-state index in [1.54, 1.807) is 12.1 Å². The molecule has 4 nitrogen and oxygen atoms in total. The molecular formula is C14H15NO3. The number of aliphatic hydroxyl groups is 1. The average molecular weight is 245 g/mol. The quantitative estimate of drug-likeness (QED) is 0.799. The predicted molar refractivity (Wildman–Crippen MR) is 66.2 cm³/mol. The number of rotatable bonds is 1. The maximum Gasteiger partial charge on any atom is 0.186 e. The number of ether oxygens (including phenoxy) is 1. The standard InChI is InChI=1S/C14H15NO3/c16-13-5-6-14(17,15-7-9-18-10-8-15)12-4-2-1-3-11(12)13/h1-6,17H,7-10H2. The summed E-state index contributed by atoms with van der Waals surface area (Å²) in [6.45, 7) is 2.52. The molecule has 1 aromatic carbocycles. The van der Waals surface area contributed by atoms with E-state index in [2.05, 4.69) is 0 Å². The molecule has 94 valence electrons. The van der Waals surface area contributed by atoms with Crippen molar-refractivity contribution in [3.05, 3.63) is 47.5 Å². The van der Waals surface area contributed by atoms with Gasteiger partial charge >= 0.3 is 0 Å². The third-order valence-corrected chi connectivity index (χ3v) is 3.55. The fourth-order valence-electron chi connectivity index (χ4n) is 2.57. The molecule has 1 aromatic rings. The van der Waals surface area contributed by atoms with Crippen LogP contribution in [0.5, 0.6) is 0 Å². The zero-order valence-electron chi connectivity index (χ0n) is 10.0. The first-order chi connectivity index (χ1) is 8.72. The van der Waals surface area contributed by atoms with Gasteiger partial charge in [-0.15, -0.1) is 0 Å². The van der Waals surface area contributed by atoms with Crippen LogP contribution in [0.25, 0.3) is 0 Å². The van der Waals surface area contributed by atoms with E-state index in [0.29, 0.717) is 37.4 Å². The number of carbonyl (C=O) groups excluding carboxylic acids is 1. The fourth-order valence-corrected chi connectivity index (χ4v) is 2.57. The second-order valence-electron chi connectivity index (χ2n) is 4.57. The van der Waals surface area contributed by atoms with Crippen LogP contribution in [0, 0.1) is 0 Å². The molecule has 1 unspecified atom stereocenters. The van der Waals surface area contributed by atoms with Crippen molar-refractivity contribution in [3.8, 4) is 0 Å². The van der Waals surface area contributed by atoms with Crippen molar-refractivity contribution in [2.24, 2.45) is 0 Å². The second-order valence-corrected chi connectivity index (χ2v) is 4.57. The SMILES string of the molecule is O=C1C=CC(O)(N2CCOCC2)c2ccccc21. The molecular weight excluding hydrogens is 230 g/mol. The van der Waals surface area contributed by atoms with Crippen molar-refractivity contribution >= 4 is 5.78 Å². The van der Waals surface area contributed by atoms with E-state index in [9.17, 15) is 9.90 Å². The molecule has 0 spiro atoms. The molecule has 0 saturated carbocycles. The zero-order chi connectivity index (χ0) is 12.6. The summed E-state index contributed by atoms with van der Waals surface area (Å²) in [6.07, 6.45) is 3.04. The van der Waals surface area contributed by atoms with Gasteiger partial charge in [-0.3, -0.25) is 9.69 Å². The number of ketones is 1. The molecule has 0 aromatic heterocycles. The monoisotopic (exact) mass is 245 g/mol. The number of allylic oxidation sites excluding steroid dienone is 1. The Morgan fingerprint density at radius 2 is 1.94 bits per heavy atom. The second kappa shape index (κ2) is 4.31. The average Bonchev–Trinajstić information content (AvgIpc) is 2.44. The molecule has 4 heteroatoms. The molecule has 1 aliphatic heterocycles. The molecule has 1 heterocycles. The molecule has 1 N–H and O–H groups in total. The Bertz CT molecular complexity index is 506. The molecule has 2 aliphatic rings. The molecule has 0 amide bonds. The van der Waals surface area contributed by atoms with Gasteiger partial charge in [-0.1, -0.05) is 24.3 Å². The highest BCUT2D eigenvalue weighted by molar-refractivity contribution is 6.07. The number of hydrogen-bond donors (Lipinski definition) is 1. The Hall–Kier alpha value is -1.49. The van der Waals surface area contributed by atoms with E-state index < -0.39 is 5.72 Å². The number of carbonyl (C=O) groups is 1. The lowest BCUT2D eigenvalue weighted by Crippen LogP contribution is -2.51. The molecule has 0 bridgehead atoms. The first-order valence-corrected chi connectivity index (χ1v) is 6.10. The molecule has 18 heavy (non-hydrogen) atoms. The summed E-state index contributed by atoms with van der Waals surface area (Å²) >= 11 is 0. The van der Waals surface area contributed by atoms with Crippen LogP contribution in [0.2, 0.25) is 0 Å². The van der Waals surface area contributed by atoms with Crippen LogP contribution < -0.4 is 0 Å². The normalized spacial score (nSPS) is 28.2. The predicted octanol–water partition coefficient (Wildman–Crippen LogP) is 0.916. The highest BCUT2D eigenvalue weighted by Crippen LogP contribution is 2.34. The lowest BCUT2D eigenvalue weighted by molar-refractivity contribution is -0.115. The van der Waals surface area contributed by atoms with Gasteiger partial charge in [0.1, 0.15) is 0 Å². The van der Waals surface area contributed by atoms with Gasteiger partial charge in [0.05, 0.1) is 13.2 Å². The summed E-state index contributed by atoms with van der Waals surface area (Å²) in [4.78, 5) is 13.8. The summed E-state index contributed by atoms with van der Waals surface area (Å²) in [7, 11) is 0. The highest BCUT2D eigenvalue weighted by Gasteiger charge is 2.39. The minimum Gasteiger partial charge on any atom is -0.379 e. The van der Waals surface area contributed by atoms with Crippen LogP contribution in [0.3, 0.4) is 0 Å². The number of benzene rings is 1. The Morgan fingerprint density at radius 1 is 1.22 bits per heavy atom. The Balaban J connectivity index is 2.06. The molecule has 1 saturated heterocycles. The van der Waals surface area contributed by atoms with Crippen molar-refractivity contribution in [3.63, 3.8) is 0 Å². The van der Waals surface area contributed by atoms with Gasteiger partial charge in [0.25, 0.3) is 0 Å². The lowest BCUT2D eigenvalue weighted by atomic mass is 9.88. The van der Waals surface area contributed by atoms with Crippen LogP contribution in [0.4, 0.5) is 0 Å². The number of morpholine rings is 1. The van der Waals surface area contributed by atoms with Gasteiger partial charge in [0.15, 0.2) is 11.5 Å². The Labute approximate surface area is 105 Å². The molecule has 1 fully saturated rings. The van der Waals surface area contributed by atoms with Crippen molar-refractivity contribution in [1.29, 1.82) is 0 Å². The molecule has 3 rings (SSSR count). The third kappa shape index (κ3) is 1.70. The van der Waals surface area contributed by atoms with Crippen LogP contribution in [-0.4, -0.2) is 42.1 Å². The summed E-state index contributed by atoms with van der Waals surface area (Å²) in [5, 5.41) is 10.9. The van der Waals surface area contributed by atoms with Gasteiger partial charge in [0.2, 0.25) is 0 Å². The molecule has 1 atom stereocenters. The van der Waals surface area contributed by atoms with Crippen LogP contribution in [0.1, 0.15) is 15.9 Å². The van der Waals surface area contributed by atoms with Gasteiger partial charge in [-0.05, 0) is 12.2 Å². The first-order valence-electron chi connectivity index (χ1n) is 6.10. The Morgan fingerprint density at radius 3 is 2.72 bits per heavy atom.